The summed E-state index contributed by atoms with van der Waals surface area (Å²) in [6.07, 6.45) is 3.47. The van der Waals surface area contributed by atoms with Crippen molar-refractivity contribution in [3.05, 3.63) is 106 Å². The second kappa shape index (κ2) is 8.84. The smallest absolute Gasteiger partial charge is 0.103 e. The maximum Gasteiger partial charge on any atom is 0.103 e. The zero-order chi connectivity index (χ0) is 21.8. The number of aryl methyl sites for hydroxylation is 2. The van der Waals surface area contributed by atoms with Crippen LogP contribution in [0.4, 0.5) is 0 Å². The minimum absolute atomic E-state index is 0.545. The van der Waals surface area contributed by atoms with Crippen LogP contribution in [0.3, 0.4) is 0 Å². The van der Waals surface area contributed by atoms with Gasteiger partial charge >= 0.3 is 0 Å². The Morgan fingerprint density at radius 3 is 2.65 bits per heavy atom. The van der Waals surface area contributed by atoms with Gasteiger partial charge in [0.15, 0.2) is 0 Å². The molecule has 2 aromatic carbocycles. The molecule has 7 heteroatoms. The van der Waals surface area contributed by atoms with Crippen LogP contribution in [0.25, 0.3) is 0 Å². The number of benzene rings is 2. The normalized spacial score (nSPS) is 12.9. The highest BCUT2D eigenvalue weighted by molar-refractivity contribution is 7.99. The molecule has 0 aliphatic carbocycles. The Bertz CT molecular complexity index is 1350. The van der Waals surface area contributed by atoms with Crippen LogP contribution in [-0.4, -0.2) is 24.2 Å². The zero-order valence-electron chi connectivity index (χ0n) is 16.8. The molecule has 0 bridgehead atoms. The second-order valence-corrected chi connectivity index (χ2v) is 9.80. The molecule has 0 aliphatic heterocycles. The maximum atomic E-state index is 13.4. The molecule has 0 amide bonds. The monoisotopic (exact) mass is 448 g/mol. The van der Waals surface area contributed by atoms with Crippen LogP contribution in [-0.2, 0) is 29.0 Å². The van der Waals surface area contributed by atoms with Gasteiger partial charge in [-0.1, -0.05) is 41.9 Å². The number of nitriles is 1. The molecule has 4 aromatic rings. The fourth-order valence-corrected chi connectivity index (χ4v) is 5.41. The van der Waals surface area contributed by atoms with Crippen LogP contribution in [0.2, 0.25) is 5.02 Å². The number of halogens is 1. The number of aromatic nitrogens is 3. The molecule has 0 spiro atoms. The highest BCUT2D eigenvalue weighted by atomic mass is 35.5. The van der Waals surface area contributed by atoms with Gasteiger partial charge in [0.05, 0.1) is 26.7 Å². The van der Waals surface area contributed by atoms with Crippen molar-refractivity contribution >= 4 is 27.2 Å². The Balaban J connectivity index is 1.54. The molecular formula is C24H21ClN4OS. The minimum atomic E-state index is -2.67. The third kappa shape index (κ3) is 4.43. The largest absolute Gasteiger partial charge is 0.281 e. The van der Waals surface area contributed by atoms with Gasteiger partial charge in [-0.25, -0.2) is 4.21 Å². The Kier molecular flexibility index (Phi) is 5.99. The van der Waals surface area contributed by atoms with E-state index in [1.54, 1.807) is 10.2 Å². The molecule has 31 heavy (non-hydrogen) atoms. The summed E-state index contributed by atoms with van der Waals surface area (Å²) in [5.41, 5.74) is 3.90. The Morgan fingerprint density at radius 2 is 1.90 bits per heavy atom. The number of hydrogen-bond acceptors (Lipinski definition) is 3. The van der Waals surface area contributed by atoms with Crippen molar-refractivity contribution in [2.45, 2.75) is 24.2 Å². The van der Waals surface area contributed by atoms with Crippen LogP contribution in [0.1, 0.15) is 28.2 Å². The molecule has 1 atom stereocenters. The topological polar surface area (TPSA) is 74.5 Å². The third-order valence-electron chi connectivity index (χ3n) is 5.14. The summed E-state index contributed by atoms with van der Waals surface area (Å²) in [6, 6.07) is 22.9. The summed E-state index contributed by atoms with van der Waals surface area (Å²) in [4.78, 5) is 0.675. The maximum absolute atomic E-state index is 13.4. The van der Waals surface area contributed by atoms with Gasteiger partial charge < -0.3 is 0 Å². The summed E-state index contributed by atoms with van der Waals surface area (Å²) in [5.74, 6) is 4.00. The second-order valence-electron chi connectivity index (χ2n) is 7.22. The van der Waals surface area contributed by atoms with E-state index in [0.29, 0.717) is 40.4 Å². The average molecular weight is 449 g/mol. The van der Waals surface area contributed by atoms with Crippen molar-refractivity contribution in [1.29, 1.82) is 5.26 Å². The Hall–Kier alpha value is -3.27. The fraction of sp³-hybridized carbons (Fsp3) is 0.125. The van der Waals surface area contributed by atoms with E-state index in [2.05, 4.69) is 22.1 Å². The van der Waals surface area contributed by atoms with Gasteiger partial charge in [-0.15, -0.1) is 0 Å². The summed E-state index contributed by atoms with van der Waals surface area (Å²) in [6.45, 7) is 0. The molecule has 1 N–H and O–H groups in total. The van der Waals surface area contributed by atoms with E-state index in [-0.39, 0.29) is 0 Å². The lowest BCUT2D eigenvalue weighted by molar-refractivity contribution is 0.672. The molecular weight excluding hydrogens is 428 g/mol. The number of rotatable bonds is 7. The molecule has 0 radical (unpaired) electrons. The molecule has 0 fully saturated rings. The first kappa shape index (κ1) is 21.0. The quantitative estimate of drug-likeness (QED) is 0.418. The van der Waals surface area contributed by atoms with Gasteiger partial charge in [0.1, 0.15) is 6.07 Å². The summed E-state index contributed by atoms with van der Waals surface area (Å²) in [5, 5.41) is 17.8. The van der Waals surface area contributed by atoms with Crippen molar-refractivity contribution in [2.24, 2.45) is 0 Å². The fourth-order valence-electron chi connectivity index (χ4n) is 3.59. The lowest BCUT2D eigenvalue weighted by atomic mass is 10.0. The third-order valence-corrected chi connectivity index (χ3v) is 7.37. The van der Waals surface area contributed by atoms with Crippen LogP contribution in [0.15, 0.2) is 77.8 Å². The van der Waals surface area contributed by atoms with Gasteiger partial charge in [0.2, 0.25) is 0 Å². The Morgan fingerprint density at radius 1 is 1.10 bits per heavy atom. The van der Waals surface area contributed by atoms with Crippen LogP contribution >= 0.6 is 11.6 Å². The standard InChI is InChI=1S/C24H21ClN4OS/c1-31(30,21-10-3-2-4-11-21)29-14-6-9-20(29)12-13-23-22(17-26)24(28-27-23)16-18-7-5-8-19(25)15-18/h2-11,14-15H,1,12-13,16H2,(H,27,28). The predicted octanol–water partition coefficient (Wildman–Crippen LogP) is 4.65. The minimum Gasteiger partial charge on any atom is -0.281 e. The van der Waals surface area contributed by atoms with E-state index in [9.17, 15) is 9.47 Å². The van der Waals surface area contributed by atoms with E-state index >= 15 is 0 Å². The average Bonchev–Trinajstić information content (AvgIpc) is 3.40. The molecule has 0 saturated heterocycles. The summed E-state index contributed by atoms with van der Waals surface area (Å²) in [7, 11) is -2.67. The predicted molar refractivity (Wildman–Crippen MR) is 125 cm³/mol. The molecule has 5 nitrogen and oxygen atoms in total. The van der Waals surface area contributed by atoms with E-state index in [1.165, 1.54) is 0 Å². The van der Waals surface area contributed by atoms with Crippen LogP contribution in [0, 0.1) is 11.3 Å². The SMILES string of the molecule is C=S(=O)(c1ccccc1)n1cccc1CCc1n[nH]c(Cc2cccc(Cl)c2)c1C#N. The molecule has 2 aromatic heterocycles. The van der Waals surface area contributed by atoms with Gasteiger partial charge in [-0.2, -0.15) is 10.4 Å². The first-order valence-electron chi connectivity index (χ1n) is 9.79. The van der Waals surface area contributed by atoms with Crippen molar-refractivity contribution in [1.82, 2.24) is 14.2 Å². The van der Waals surface area contributed by atoms with Crippen molar-refractivity contribution < 1.29 is 4.21 Å². The summed E-state index contributed by atoms with van der Waals surface area (Å²) < 4.78 is 15.1. The molecule has 0 aliphatic rings. The molecule has 156 valence electrons. The lowest BCUT2D eigenvalue weighted by Crippen LogP contribution is -2.15. The molecule has 4 rings (SSSR count). The zero-order valence-corrected chi connectivity index (χ0v) is 18.4. The number of aromatic amines is 1. The molecule has 2 heterocycles. The molecule has 1 unspecified atom stereocenters. The molecule has 0 saturated carbocycles. The summed E-state index contributed by atoms with van der Waals surface area (Å²) >= 11 is 6.07. The Labute approximate surface area is 187 Å². The number of hydrogen-bond donors (Lipinski definition) is 1. The van der Waals surface area contributed by atoms with Gasteiger partial charge in [0, 0.05) is 28.2 Å². The van der Waals surface area contributed by atoms with E-state index in [0.717, 1.165) is 17.0 Å². The number of H-pyrrole nitrogens is 1. The van der Waals surface area contributed by atoms with Crippen molar-refractivity contribution in [3.63, 3.8) is 0 Å². The van der Waals surface area contributed by atoms with Crippen molar-refractivity contribution in [3.8, 4) is 6.07 Å². The van der Waals surface area contributed by atoms with E-state index in [4.69, 9.17) is 11.6 Å². The van der Waals surface area contributed by atoms with Crippen molar-refractivity contribution in [2.75, 3.05) is 0 Å². The van der Waals surface area contributed by atoms with E-state index in [1.807, 2.05) is 66.7 Å². The lowest BCUT2D eigenvalue weighted by Gasteiger charge is -2.15. The highest BCUT2D eigenvalue weighted by Crippen LogP contribution is 2.21. The van der Waals surface area contributed by atoms with Crippen LogP contribution in [0.5, 0.6) is 0 Å². The number of nitrogens with zero attached hydrogens (tertiary/aromatic N) is 3. The number of nitrogens with one attached hydrogen (secondary N) is 1. The van der Waals surface area contributed by atoms with E-state index < -0.39 is 9.71 Å². The highest BCUT2D eigenvalue weighted by Gasteiger charge is 2.17. The first-order valence-corrected chi connectivity index (χ1v) is 11.8. The van der Waals surface area contributed by atoms with Crippen LogP contribution < -0.4 is 0 Å². The first-order chi connectivity index (χ1) is 15.0. The van der Waals surface area contributed by atoms with Gasteiger partial charge in [0.25, 0.3) is 0 Å². The van der Waals surface area contributed by atoms with Gasteiger partial charge in [-0.05, 0) is 60.7 Å². The van der Waals surface area contributed by atoms with Gasteiger partial charge in [-0.3, -0.25) is 9.07 Å².